The van der Waals surface area contributed by atoms with Crippen molar-refractivity contribution in [2.45, 2.75) is 39.1 Å². The average Bonchev–Trinajstić information content (AvgIpc) is 3.00. The molecule has 0 spiro atoms. The van der Waals surface area contributed by atoms with Gasteiger partial charge in [0.2, 0.25) is 5.91 Å². The summed E-state index contributed by atoms with van der Waals surface area (Å²) in [5.41, 5.74) is 5.85. The molecule has 0 bridgehead atoms. The van der Waals surface area contributed by atoms with Gasteiger partial charge in [-0.3, -0.25) is 4.79 Å². The topological polar surface area (TPSA) is 92.6 Å². The molecule has 0 radical (unpaired) electrons. The molecule has 0 saturated heterocycles. The highest BCUT2D eigenvalue weighted by Gasteiger charge is 2.13. The minimum atomic E-state index is -3.79. The van der Waals surface area contributed by atoms with Crippen molar-refractivity contribution in [2.75, 3.05) is 0 Å². The molecule has 162 valence electrons. The molecule has 3 rings (SSSR count). The predicted octanol–water partition coefficient (Wildman–Crippen LogP) is 3.35. The molecule has 0 aliphatic heterocycles. The average molecular weight is 439 g/mol. The van der Waals surface area contributed by atoms with Crippen LogP contribution in [0.15, 0.2) is 64.6 Å². The molecule has 0 unspecified atom stereocenters. The summed E-state index contributed by atoms with van der Waals surface area (Å²) >= 11 is 0. The minimum absolute atomic E-state index is 0.0985. The first-order chi connectivity index (χ1) is 14.7. The van der Waals surface area contributed by atoms with Crippen LogP contribution >= 0.6 is 0 Å². The van der Waals surface area contributed by atoms with Crippen LogP contribution in [0.4, 0.5) is 0 Å². The molecule has 0 saturated carbocycles. The van der Waals surface area contributed by atoms with Gasteiger partial charge in [-0.05, 0) is 56.7 Å². The first kappa shape index (κ1) is 22.3. The summed E-state index contributed by atoms with van der Waals surface area (Å²) in [7, 11) is -3.79. The maximum Gasteiger partial charge on any atom is 0.276 e. The lowest BCUT2D eigenvalue weighted by Gasteiger charge is -2.09. The minimum Gasteiger partial charge on any atom is -0.352 e. The maximum absolute atomic E-state index is 12.5. The Kier molecular flexibility index (Phi) is 6.60. The Morgan fingerprint density at radius 1 is 1.03 bits per heavy atom. The van der Waals surface area contributed by atoms with E-state index in [0.29, 0.717) is 6.54 Å². The largest absolute Gasteiger partial charge is 0.352 e. The van der Waals surface area contributed by atoms with E-state index in [2.05, 4.69) is 44.1 Å². The fraction of sp³-hybridized carbons (Fsp3) is 0.217. The van der Waals surface area contributed by atoms with Crippen molar-refractivity contribution in [3.63, 3.8) is 0 Å². The van der Waals surface area contributed by atoms with Crippen LogP contribution < -0.4 is 10.1 Å². The molecule has 31 heavy (non-hydrogen) atoms. The number of sulfonamides is 1. The highest BCUT2D eigenvalue weighted by Crippen LogP contribution is 2.20. The van der Waals surface area contributed by atoms with Gasteiger partial charge in [-0.2, -0.15) is 13.5 Å². The quantitative estimate of drug-likeness (QED) is 0.438. The van der Waals surface area contributed by atoms with Crippen molar-refractivity contribution in [3.05, 3.63) is 82.7 Å². The molecule has 2 N–H and O–H groups in total. The van der Waals surface area contributed by atoms with E-state index in [4.69, 9.17) is 0 Å². The number of benzene rings is 2. The zero-order valence-corrected chi connectivity index (χ0v) is 18.8. The van der Waals surface area contributed by atoms with Gasteiger partial charge in [0.05, 0.1) is 11.1 Å². The zero-order valence-electron chi connectivity index (χ0n) is 18.0. The molecular formula is C23H26N4O3S. The number of rotatable bonds is 7. The van der Waals surface area contributed by atoms with Crippen LogP contribution in [0.25, 0.3) is 5.69 Å². The Labute approximate surface area is 182 Å². The number of hydrogen-bond acceptors (Lipinski definition) is 4. The van der Waals surface area contributed by atoms with Gasteiger partial charge in [0.1, 0.15) is 0 Å². The van der Waals surface area contributed by atoms with Crippen molar-refractivity contribution in [1.29, 1.82) is 0 Å². The normalized spacial score (nSPS) is 11.6. The number of nitrogens with zero attached hydrogens (tertiary/aromatic N) is 2. The van der Waals surface area contributed by atoms with Gasteiger partial charge >= 0.3 is 0 Å². The fourth-order valence-corrected chi connectivity index (χ4v) is 4.03. The monoisotopic (exact) mass is 438 g/mol. The Morgan fingerprint density at radius 3 is 2.29 bits per heavy atom. The molecule has 1 heterocycles. The number of nitrogens with one attached hydrogen (secondary N) is 2. The Morgan fingerprint density at radius 2 is 1.68 bits per heavy atom. The molecule has 7 nitrogen and oxygen atoms in total. The maximum atomic E-state index is 12.5. The number of hydrogen-bond donors (Lipinski definition) is 2. The Balaban J connectivity index is 1.73. The third-order valence-corrected chi connectivity index (χ3v) is 6.15. The Hall–Kier alpha value is -3.39. The lowest BCUT2D eigenvalue weighted by Crippen LogP contribution is -2.20. The number of carbonyl (C=O) groups is 1. The second-order valence-corrected chi connectivity index (χ2v) is 9.06. The van der Waals surface area contributed by atoms with Gasteiger partial charge < -0.3 is 9.88 Å². The number of aromatic nitrogens is 1. The van der Waals surface area contributed by atoms with E-state index in [9.17, 15) is 13.2 Å². The van der Waals surface area contributed by atoms with Crippen LogP contribution in [-0.2, 0) is 21.4 Å². The van der Waals surface area contributed by atoms with Gasteiger partial charge in [0, 0.05) is 36.1 Å². The molecule has 0 atom stereocenters. The van der Waals surface area contributed by atoms with Gasteiger partial charge in [0.25, 0.3) is 10.0 Å². The lowest BCUT2D eigenvalue weighted by atomic mass is 10.2. The number of hydrazone groups is 1. The first-order valence-corrected chi connectivity index (χ1v) is 11.3. The summed E-state index contributed by atoms with van der Waals surface area (Å²) in [5.74, 6) is -0.144. The van der Waals surface area contributed by atoms with Crippen molar-refractivity contribution in [3.8, 4) is 5.69 Å². The molecule has 0 aliphatic carbocycles. The molecule has 1 aromatic heterocycles. The molecular weight excluding hydrogens is 412 g/mol. The third kappa shape index (κ3) is 5.40. The molecule has 0 aliphatic rings. The molecule has 3 aromatic rings. The van der Waals surface area contributed by atoms with E-state index in [1.54, 1.807) is 12.1 Å². The van der Waals surface area contributed by atoms with Gasteiger partial charge in [-0.15, -0.1) is 0 Å². The summed E-state index contributed by atoms with van der Waals surface area (Å²) in [6.45, 7) is 7.78. The molecule has 0 fully saturated rings. The second-order valence-electron chi connectivity index (χ2n) is 7.40. The molecule has 8 heteroatoms. The number of amides is 1. The van der Waals surface area contributed by atoms with Crippen molar-refractivity contribution >= 4 is 22.1 Å². The summed E-state index contributed by atoms with van der Waals surface area (Å²) in [6.07, 6.45) is 1.51. The smallest absolute Gasteiger partial charge is 0.276 e. The van der Waals surface area contributed by atoms with Gasteiger partial charge in [-0.1, -0.05) is 29.8 Å². The van der Waals surface area contributed by atoms with Crippen LogP contribution in [0.5, 0.6) is 0 Å². The highest BCUT2D eigenvalue weighted by atomic mass is 32.2. The van der Waals surface area contributed by atoms with Crippen LogP contribution in [0, 0.1) is 20.8 Å². The van der Waals surface area contributed by atoms with E-state index in [1.165, 1.54) is 30.8 Å². The van der Waals surface area contributed by atoms with E-state index in [1.807, 2.05) is 26.8 Å². The van der Waals surface area contributed by atoms with E-state index in [-0.39, 0.29) is 10.8 Å². The van der Waals surface area contributed by atoms with Crippen LogP contribution in [0.2, 0.25) is 0 Å². The lowest BCUT2D eigenvalue weighted by molar-refractivity contribution is -0.119. The third-order valence-electron chi connectivity index (χ3n) is 4.91. The van der Waals surface area contributed by atoms with Crippen LogP contribution in [0.3, 0.4) is 0 Å². The fourth-order valence-electron chi connectivity index (χ4n) is 3.24. The summed E-state index contributed by atoms with van der Waals surface area (Å²) in [4.78, 5) is 13.3. The molecule has 2 aromatic carbocycles. The standard InChI is InChI=1S/C23H26N4O3S/c1-16-5-9-22(10-6-16)27-17(2)13-21(18(27)3)15-25-26-31(29,30)23-11-7-20(8-12-23)14-24-19(4)28/h5-13,15,26H,14H2,1-4H3,(H,24,28)/b25-15+. The van der Waals surface area contributed by atoms with E-state index < -0.39 is 10.0 Å². The van der Waals surface area contributed by atoms with Crippen LogP contribution in [0.1, 0.15) is 35.0 Å². The first-order valence-electron chi connectivity index (χ1n) is 9.81. The van der Waals surface area contributed by atoms with Crippen molar-refractivity contribution in [1.82, 2.24) is 14.7 Å². The zero-order chi connectivity index (χ0) is 22.6. The van der Waals surface area contributed by atoms with Crippen LogP contribution in [-0.4, -0.2) is 25.1 Å². The SMILES string of the molecule is CC(=O)NCc1ccc(S(=O)(=O)N/N=C/c2cc(C)n(-c3ccc(C)cc3)c2C)cc1. The number of carbonyl (C=O) groups excluding carboxylic acids is 1. The highest BCUT2D eigenvalue weighted by molar-refractivity contribution is 7.89. The second kappa shape index (κ2) is 9.18. The molecule has 1 amide bonds. The van der Waals surface area contributed by atoms with Gasteiger partial charge in [0.15, 0.2) is 0 Å². The number of aryl methyl sites for hydroxylation is 2. The van der Waals surface area contributed by atoms with E-state index in [0.717, 1.165) is 28.2 Å². The summed E-state index contributed by atoms with van der Waals surface area (Å²) in [5, 5.41) is 6.63. The Bertz CT molecular complexity index is 1210. The van der Waals surface area contributed by atoms with E-state index >= 15 is 0 Å². The summed E-state index contributed by atoms with van der Waals surface area (Å²) in [6, 6.07) is 16.4. The summed E-state index contributed by atoms with van der Waals surface area (Å²) < 4.78 is 27.1. The van der Waals surface area contributed by atoms with Crippen molar-refractivity contribution in [2.24, 2.45) is 5.10 Å². The van der Waals surface area contributed by atoms with Crippen molar-refractivity contribution < 1.29 is 13.2 Å². The van der Waals surface area contributed by atoms with Gasteiger partial charge in [-0.25, -0.2) is 4.83 Å². The predicted molar refractivity (Wildman–Crippen MR) is 122 cm³/mol.